The molecule has 2 N–H and O–H groups in total. The zero-order valence-electron chi connectivity index (χ0n) is 17.4. The average Bonchev–Trinajstić information content (AvgIpc) is 3.16. The van der Waals surface area contributed by atoms with Crippen LogP contribution in [-0.4, -0.2) is 28.8 Å². The van der Waals surface area contributed by atoms with Gasteiger partial charge in [0.2, 0.25) is 5.91 Å². The maximum atomic E-state index is 14.0. The van der Waals surface area contributed by atoms with E-state index in [1.807, 2.05) is 35.2 Å². The summed E-state index contributed by atoms with van der Waals surface area (Å²) in [6.07, 6.45) is 6.74. The Morgan fingerprint density at radius 2 is 1.85 bits per heavy atom. The first-order valence-corrected chi connectivity index (χ1v) is 10.5. The number of ketones is 1. The summed E-state index contributed by atoms with van der Waals surface area (Å²) in [7, 11) is 0. The molecule has 1 aromatic heterocycles. The van der Waals surface area contributed by atoms with E-state index in [4.69, 9.17) is 5.73 Å². The van der Waals surface area contributed by atoms with Crippen molar-refractivity contribution in [1.29, 1.82) is 5.26 Å². The Morgan fingerprint density at radius 3 is 2.52 bits per heavy atom. The van der Waals surface area contributed by atoms with Crippen molar-refractivity contribution in [3.8, 4) is 6.07 Å². The molecule has 1 amide bonds. The number of Topliss-reactive ketones (excluding diaryl/α,β-unsaturated/α-hetero) is 1. The van der Waals surface area contributed by atoms with E-state index in [-0.39, 0.29) is 11.3 Å². The van der Waals surface area contributed by atoms with Crippen LogP contribution in [-0.2, 0) is 4.79 Å². The molecule has 5 rings (SSSR count). The highest BCUT2D eigenvalue weighted by molar-refractivity contribution is 6.06. The fourth-order valence-electron chi connectivity index (χ4n) is 5.15. The summed E-state index contributed by atoms with van der Waals surface area (Å²) in [6, 6.07) is 16.6. The lowest BCUT2D eigenvalue weighted by Gasteiger charge is -2.36. The fourth-order valence-corrected chi connectivity index (χ4v) is 5.15. The number of benzene rings is 2. The number of nitrogens with two attached hydrogens (primary N) is 1. The van der Waals surface area contributed by atoms with Crippen LogP contribution in [0.4, 0.5) is 10.1 Å². The van der Waals surface area contributed by atoms with Crippen LogP contribution in [0.1, 0.15) is 27.4 Å². The smallest absolute Gasteiger partial charge is 0.241 e. The number of nitriles is 1. The molecular formula is C26H19FN4O2. The van der Waals surface area contributed by atoms with Gasteiger partial charge in [-0.3, -0.25) is 14.6 Å². The predicted molar refractivity (Wildman–Crippen MR) is 120 cm³/mol. The molecule has 1 saturated heterocycles. The Balaban J connectivity index is 1.80. The first-order valence-electron chi connectivity index (χ1n) is 10.5. The average molecular weight is 438 g/mol. The number of para-hydroxylation sites is 1. The Morgan fingerprint density at radius 1 is 1.09 bits per heavy atom. The molecule has 7 heteroatoms. The first kappa shape index (κ1) is 20.6. The zero-order valence-corrected chi connectivity index (χ0v) is 17.4. The van der Waals surface area contributed by atoms with Gasteiger partial charge >= 0.3 is 0 Å². The molecule has 6 nitrogen and oxygen atoms in total. The lowest BCUT2D eigenvalue weighted by atomic mass is 9.68. The van der Waals surface area contributed by atoms with E-state index in [1.54, 1.807) is 30.6 Å². The molecule has 0 spiro atoms. The van der Waals surface area contributed by atoms with Crippen molar-refractivity contribution in [2.45, 2.75) is 18.0 Å². The van der Waals surface area contributed by atoms with Crippen LogP contribution in [0.2, 0.25) is 0 Å². The number of amides is 1. The highest BCUT2D eigenvalue weighted by Crippen LogP contribution is 2.55. The normalized spacial score (nSPS) is 25.1. The second-order valence-corrected chi connectivity index (χ2v) is 8.20. The van der Waals surface area contributed by atoms with Crippen LogP contribution in [0.5, 0.6) is 0 Å². The van der Waals surface area contributed by atoms with Gasteiger partial charge in [0.25, 0.3) is 0 Å². The molecule has 33 heavy (non-hydrogen) atoms. The summed E-state index contributed by atoms with van der Waals surface area (Å²) in [4.78, 5) is 33.0. The number of nitrogens with zero attached hydrogens (tertiary/aromatic N) is 3. The zero-order chi connectivity index (χ0) is 23.2. The third-order valence-corrected chi connectivity index (χ3v) is 6.58. The topological polar surface area (TPSA) is 100 Å². The molecule has 0 unspecified atom stereocenters. The summed E-state index contributed by atoms with van der Waals surface area (Å²) < 4.78 is 13.6. The van der Waals surface area contributed by atoms with Crippen LogP contribution >= 0.6 is 0 Å². The van der Waals surface area contributed by atoms with Gasteiger partial charge in [0.05, 0.1) is 12.1 Å². The van der Waals surface area contributed by atoms with Gasteiger partial charge < -0.3 is 10.6 Å². The van der Waals surface area contributed by atoms with Crippen LogP contribution in [0.3, 0.4) is 0 Å². The molecule has 2 aliphatic heterocycles. The Labute approximate surface area is 189 Å². The first-order chi connectivity index (χ1) is 16.0. The van der Waals surface area contributed by atoms with Gasteiger partial charge in [-0.15, -0.1) is 0 Å². The van der Waals surface area contributed by atoms with E-state index >= 15 is 0 Å². The third kappa shape index (κ3) is 2.95. The lowest BCUT2D eigenvalue weighted by molar-refractivity contribution is -0.125. The van der Waals surface area contributed by atoms with Crippen LogP contribution in [0.25, 0.3) is 6.08 Å². The molecule has 3 heterocycles. The van der Waals surface area contributed by atoms with Gasteiger partial charge in [-0.2, -0.15) is 5.26 Å². The minimum atomic E-state index is -1.73. The van der Waals surface area contributed by atoms with Gasteiger partial charge in [-0.1, -0.05) is 36.4 Å². The second-order valence-electron chi connectivity index (χ2n) is 8.20. The Bertz CT molecular complexity index is 1320. The Hall–Kier alpha value is -4.31. The summed E-state index contributed by atoms with van der Waals surface area (Å²) in [6.45, 7) is 0. The minimum absolute atomic E-state index is 0.277. The number of carbonyl (C=O) groups excluding carboxylic acids is 2. The minimum Gasteiger partial charge on any atom is -0.368 e. The number of hydrogen-bond donors (Lipinski definition) is 1. The maximum Gasteiger partial charge on any atom is 0.241 e. The number of hydrogen-bond acceptors (Lipinski definition) is 5. The van der Waals surface area contributed by atoms with E-state index in [2.05, 4.69) is 11.1 Å². The fraction of sp³-hybridized carbons (Fsp3) is 0.154. The number of aromatic nitrogens is 1. The van der Waals surface area contributed by atoms with Crippen molar-refractivity contribution in [2.75, 3.05) is 4.90 Å². The number of pyridine rings is 1. The van der Waals surface area contributed by atoms with Crippen molar-refractivity contribution < 1.29 is 14.0 Å². The summed E-state index contributed by atoms with van der Waals surface area (Å²) >= 11 is 0. The number of rotatable bonds is 4. The van der Waals surface area contributed by atoms with E-state index < -0.39 is 35.1 Å². The van der Waals surface area contributed by atoms with E-state index in [1.165, 1.54) is 24.3 Å². The second kappa shape index (κ2) is 7.68. The summed E-state index contributed by atoms with van der Waals surface area (Å²) in [5.41, 5.74) is 6.59. The van der Waals surface area contributed by atoms with Crippen LogP contribution < -0.4 is 10.6 Å². The Kier molecular flexibility index (Phi) is 4.79. The monoisotopic (exact) mass is 438 g/mol. The molecule has 2 aromatic carbocycles. The molecule has 162 valence electrons. The highest BCUT2D eigenvalue weighted by Gasteiger charge is 2.65. The van der Waals surface area contributed by atoms with Crippen molar-refractivity contribution >= 4 is 23.5 Å². The highest BCUT2D eigenvalue weighted by atomic mass is 19.1. The molecule has 3 aromatic rings. The summed E-state index contributed by atoms with van der Waals surface area (Å²) in [5, 5.41) is 10.4. The molecule has 2 aliphatic rings. The third-order valence-electron chi connectivity index (χ3n) is 6.58. The van der Waals surface area contributed by atoms with E-state index in [0.717, 1.165) is 11.3 Å². The van der Waals surface area contributed by atoms with Crippen molar-refractivity contribution in [3.63, 3.8) is 0 Å². The van der Waals surface area contributed by atoms with E-state index in [9.17, 15) is 19.2 Å². The molecule has 0 bridgehead atoms. The number of anilines is 1. The van der Waals surface area contributed by atoms with Gasteiger partial charge in [0, 0.05) is 29.6 Å². The molecule has 0 radical (unpaired) electrons. The van der Waals surface area contributed by atoms with Crippen molar-refractivity contribution in [3.05, 3.63) is 102 Å². The van der Waals surface area contributed by atoms with E-state index in [0.29, 0.717) is 5.56 Å². The largest absolute Gasteiger partial charge is 0.368 e. The van der Waals surface area contributed by atoms with Gasteiger partial charge in [-0.05, 0) is 47.5 Å². The number of carbonyl (C=O) groups is 2. The maximum absolute atomic E-state index is 14.0. The number of halogens is 1. The number of fused-ring (bicyclic) bond motifs is 3. The number of primary amides is 1. The van der Waals surface area contributed by atoms with Crippen LogP contribution in [0, 0.1) is 22.6 Å². The van der Waals surface area contributed by atoms with Gasteiger partial charge in [0.15, 0.2) is 11.2 Å². The quantitative estimate of drug-likeness (QED) is 0.629. The van der Waals surface area contributed by atoms with Crippen molar-refractivity contribution in [1.82, 2.24) is 4.98 Å². The lowest BCUT2D eigenvalue weighted by Crippen LogP contribution is -2.49. The molecule has 0 aliphatic carbocycles. The van der Waals surface area contributed by atoms with Gasteiger partial charge in [0.1, 0.15) is 11.9 Å². The SMILES string of the molecule is N#C[C@]1(C(N)=O)[C@H](c2cccnc2)[C@@H](C(=O)c2ccc(F)cc2)N2c3ccccc3C=C[C@@H]21. The molecule has 4 atom stereocenters. The van der Waals surface area contributed by atoms with Crippen LogP contribution in [0.15, 0.2) is 79.1 Å². The molecule has 1 fully saturated rings. The van der Waals surface area contributed by atoms with Crippen molar-refractivity contribution in [2.24, 2.45) is 11.1 Å². The van der Waals surface area contributed by atoms with Gasteiger partial charge in [-0.25, -0.2) is 4.39 Å². The standard InChI is InChI=1S/C26H19FN4O2/c27-19-10-7-17(8-11-19)24(32)23-22(18-5-3-13-30-14-18)26(15-28,25(29)33)21-12-9-16-4-1-2-6-20(16)31(21)23/h1-14,21-23H,(H2,29,33)/t21-,22-,23+,26-/m1/s1. The molecule has 0 saturated carbocycles. The predicted octanol–water partition coefficient (Wildman–Crippen LogP) is 3.47. The molecular weight excluding hydrogens is 419 g/mol. The summed E-state index contributed by atoms with van der Waals surface area (Å²) in [5.74, 6) is -2.51.